The molecule has 1 N–H and O–H groups in total. The van der Waals surface area contributed by atoms with E-state index in [-0.39, 0.29) is 0 Å². The van der Waals surface area contributed by atoms with Crippen LogP contribution in [0.3, 0.4) is 0 Å². The summed E-state index contributed by atoms with van der Waals surface area (Å²) in [5.74, 6) is 1.71. The molecule has 0 aromatic heterocycles. The average Bonchev–Trinajstić information content (AvgIpc) is 2.44. The lowest BCUT2D eigenvalue weighted by molar-refractivity contribution is -0.0291. The maximum atomic E-state index is 5.65. The highest BCUT2D eigenvalue weighted by molar-refractivity contribution is 5.29. The minimum atomic E-state index is 0.443. The van der Waals surface area contributed by atoms with Gasteiger partial charge in [-0.3, -0.25) is 0 Å². The van der Waals surface area contributed by atoms with Crippen molar-refractivity contribution in [3.63, 3.8) is 0 Å². The minimum absolute atomic E-state index is 0.443. The summed E-state index contributed by atoms with van der Waals surface area (Å²) in [5, 5.41) is 3.60. The third-order valence-corrected chi connectivity index (χ3v) is 4.13. The molecule has 1 aromatic rings. The summed E-state index contributed by atoms with van der Waals surface area (Å²) in [6, 6.07) is 8.88. The first-order valence-electron chi connectivity index (χ1n) is 7.75. The molecule has 0 heterocycles. The number of hydrogen-bond donors (Lipinski definition) is 1. The quantitative estimate of drug-likeness (QED) is 0.788. The fourth-order valence-corrected chi connectivity index (χ4v) is 2.99. The van der Waals surface area contributed by atoms with Crippen molar-refractivity contribution in [2.45, 2.75) is 45.3 Å². The Balaban J connectivity index is 1.90. The monoisotopic (exact) mass is 277 g/mol. The molecule has 0 aliphatic heterocycles. The zero-order valence-electron chi connectivity index (χ0n) is 12.9. The molecule has 0 saturated heterocycles. The Morgan fingerprint density at radius 2 is 1.90 bits per heavy atom. The van der Waals surface area contributed by atoms with Crippen molar-refractivity contribution in [3.05, 3.63) is 29.8 Å². The maximum absolute atomic E-state index is 5.65. The molecule has 20 heavy (non-hydrogen) atoms. The van der Waals surface area contributed by atoms with Gasteiger partial charge < -0.3 is 14.8 Å². The molecule has 112 valence electrons. The van der Waals surface area contributed by atoms with Crippen molar-refractivity contribution in [2.75, 3.05) is 20.3 Å². The summed E-state index contributed by atoms with van der Waals surface area (Å²) >= 11 is 0. The highest BCUT2D eigenvalue weighted by Gasteiger charge is 2.31. The highest BCUT2D eigenvalue weighted by Crippen LogP contribution is 2.37. The molecule has 1 fully saturated rings. The van der Waals surface area contributed by atoms with Crippen molar-refractivity contribution < 1.29 is 9.47 Å². The van der Waals surface area contributed by atoms with Crippen molar-refractivity contribution in [1.29, 1.82) is 0 Å². The number of rotatable bonds is 8. The van der Waals surface area contributed by atoms with Crippen LogP contribution in [0.2, 0.25) is 0 Å². The van der Waals surface area contributed by atoms with Crippen LogP contribution < -0.4 is 10.1 Å². The summed E-state index contributed by atoms with van der Waals surface area (Å²) in [6.07, 6.45) is 4.13. The standard InChI is InChI=1S/C17H27NO2/c1-4-18-17(12-13-10-16(11-13)20-5-2)14-6-8-15(19-3)9-7-14/h6-9,13,16-18H,4-5,10-12H2,1-3H3. The lowest BCUT2D eigenvalue weighted by Crippen LogP contribution is -2.34. The van der Waals surface area contributed by atoms with Crippen LogP contribution in [0.1, 0.15) is 44.7 Å². The third kappa shape index (κ3) is 3.97. The normalized spacial score (nSPS) is 23.1. The number of nitrogens with one attached hydrogen (secondary N) is 1. The molecular weight excluding hydrogens is 250 g/mol. The number of ether oxygens (including phenoxy) is 2. The van der Waals surface area contributed by atoms with Crippen molar-refractivity contribution in [2.24, 2.45) is 5.92 Å². The van der Waals surface area contributed by atoms with Gasteiger partial charge in [-0.1, -0.05) is 19.1 Å². The summed E-state index contributed by atoms with van der Waals surface area (Å²) in [7, 11) is 1.71. The maximum Gasteiger partial charge on any atom is 0.118 e. The van der Waals surface area contributed by atoms with E-state index in [9.17, 15) is 0 Å². The number of benzene rings is 1. The van der Waals surface area contributed by atoms with Crippen LogP contribution in [0.4, 0.5) is 0 Å². The number of hydrogen-bond acceptors (Lipinski definition) is 3. The van der Waals surface area contributed by atoms with Gasteiger partial charge in [-0.25, -0.2) is 0 Å². The second-order valence-corrected chi connectivity index (χ2v) is 5.53. The van der Waals surface area contributed by atoms with E-state index in [1.54, 1.807) is 7.11 Å². The van der Waals surface area contributed by atoms with E-state index in [1.165, 1.54) is 24.8 Å². The summed E-state index contributed by atoms with van der Waals surface area (Å²) < 4.78 is 10.9. The van der Waals surface area contributed by atoms with Gasteiger partial charge in [0.1, 0.15) is 5.75 Å². The molecule has 2 rings (SSSR count). The lowest BCUT2D eigenvalue weighted by atomic mass is 9.77. The molecule has 1 aliphatic rings. The fraction of sp³-hybridized carbons (Fsp3) is 0.647. The molecule has 3 heteroatoms. The zero-order chi connectivity index (χ0) is 14.4. The second kappa shape index (κ2) is 7.65. The van der Waals surface area contributed by atoms with Gasteiger partial charge in [-0.15, -0.1) is 0 Å². The Labute approximate surface area is 122 Å². The molecule has 0 spiro atoms. The van der Waals surface area contributed by atoms with Crippen LogP contribution in [0.15, 0.2) is 24.3 Å². The van der Waals surface area contributed by atoms with Gasteiger partial charge in [0.05, 0.1) is 13.2 Å². The van der Waals surface area contributed by atoms with E-state index >= 15 is 0 Å². The molecule has 1 aromatic carbocycles. The van der Waals surface area contributed by atoms with Crippen LogP contribution >= 0.6 is 0 Å². The van der Waals surface area contributed by atoms with Crippen molar-refractivity contribution in [3.8, 4) is 5.75 Å². The summed E-state index contributed by atoms with van der Waals surface area (Å²) in [4.78, 5) is 0. The Hall–Kier alpha value is -1.06. The zero-order valence-corrected chi connectivity index (χ0v) is 12.9. The molecule has 0 amide bonds. The van der Waals surface area contributed by atoms with Gasteiger partial charge in [0.25, 0.3) is 0 Å². The fourth-order valence-electron chi connectivity index (χ4n) is 2.99. The highest BCUT2D eigenvalue weighted by atomic mass is 16.5. The van der Waals surface area contributed by atoms with Crippen molar-refractivity contribution >= 4 is 0 Å². The summed E-state index contributed by atoms with van der Waals surface area (Å²) in [6.45, 7) is 6.08. The van der Waals surface area contributed by atoms with Gasteiger partial charge in [0.15, 0.2) is 0 Å². The first-order chi connectivity index (χ1) is 9.76. The molecule has 1 aliphatic carbocycles. The van der Waals surface area contributed by atoms with Gasteiger partial charge in [-0.05, 0) is 56.3 Å². The first-order valence-corrected chi connectivity index (χ1v) is 7.75. The molecule has 1 atom stereocenters. The van der Waals surface area contributed by atoms with Gasteiger partial charge in [0.2, 0.25) is 0 Å². The molecule has 0 bridgehead atoms. The topological polar surface area (TPSA) is 30.5 Å². The Morgan fingerprint density at radius 3 is 2.45 bits per heavy atom. The predicted molar refractivity (Wildman–Crippen MR) is 82.2 cm³/mol. The SMILES string of the molecule is CCNC(CC1CC(OCC)C1)c1ccc(OC)cc1. The summed E-state index contributed by atoms with van der Waals surface area (Å²) in [5.41, 5.74) is 1.35. The van der Waals surface area contributed by atoms with Crippen LogP contribution in [0.25, 0.3) is 0 Å². The Morgan fingerprint density at radius 1 is 1.20 bits per heavy atom. The Kier molecular flexibility index (Phi) is 5.86. The van der Waals surface area contributed by atoms with Crippen LogP contribution in [0, 0.1) is 5.92 Å². The van der Waals surface area contributed by atoms with E-state index in [0.29, 0.717) is 12.1 Å². The van der Waals surface area contributed by atoms with E-state index in [0.717, 1.165) is 24.8 Å². The molecular formula is C17H27NO2. The van der Waals surface area contributed by atoms with Crippen molar-refractivity contribution in [1.82, 2.24) is 5.32 Å². The van der Waals surface area contributed by atoms with E-state index in [4.69, 9.17) is 9.47 Å². The number of methoxy groups -OCH3 is 1. The average molecular weight is 277 g/mol. The van der Waals surface area contributed by atoms with E-state index in [2.05, 4.69) is 31.3 Å². The van der Waals surface area contributed by atoms with Gasteiger partial charge in [-0.2, -0.15) is 0 Å². The third-order valence-electron chi connectivity index (χ3n) is 4.13. The molecule has 1 unspecified atom stereocenters. The van der Waals surface area contributed by atoms with Crippen LogP contribution in [-0.2, 0) is 4.74 Å². The second-order valence-electron chi connectivity index (χ2n) is 5.53. The largest absolute Gasteiger partial charge is 0.497 e. The predicted octanol–water partition coefficient (Wildman–Crippen LogP) is 3.55. The van der Waals surface area contributed by atoms with Crippen LogP contribution in [0.5, 0.6) is 5.75 Å². The van der Waals surface area contributed by atoms with Gasteiger partial charge >= 0.3 is 0 Å². The van der Waals surface area contributed by atoms with E-state index in [1.807, 2.05) is 12.1 Å². The van der Waals surface area contributed by atoms with Crippen LogP contribution in [-0.4, -0.2) is 26.4 Å². The minimum Gasteiger partial charge on any atom is -0.497 e. The Bertz CT molecular complexity index is 384. The molecule has 0 radical (unpaired) electrons. The van der Waals surface area contributed by atoms with E-state index < -0.39 is 0 Å². The molecule has 1 saturated carbocycles. The lowest BCUT2D eigenvalue weighted by Gasteiger charge is -2.37. The smallest absolute Gasteiger partial charge is 0.118 e. The molecule has 3 nitrogen and oxygen atoms in total. The first kappa shape index (κ1) is 15.3. The van der Waals surface area contributed by atoms with Gasteiger partial charge in [0, 0.05) is 12.6 Å².